The van der Waals surface area contributed by atoms with Crippen molar-refractivity contribution in [2.24, 2.45) is 11.7 Å². The summed E-state index contributed by atoms with van der Waals surface area (Å²) in [7, 11) is 0. The molecule has 0 unspecified atom stereocenters. The lowest BCUT2D eigenvalue weighted by Crippen LogP contribution is -2.46. The molecule has 2 aliphatic rings. The summed E-state index contributed by atoms with van der Waals surface area (Å²) in [5.74, 6) is -0.100. The van der Waals surface area contributed by atoms with Gasteiger partial charge in [0.05, 0.1) is 42.4 Å². The van der Waals surface area contributed by atoms with Gasteiger partial charge in [0.1, 0.15) is 24.0 Å². The van der Waals surface area contributed by atoms with Crippen LogP contribution in [-0.2, 0) is 22.3 Å². The fourth-order valence-corrected chi connectivity index (χ4v) is 5.08. The zero-order chi connectivity index (χ0) is 26.2. The number of primary amides is 1. The smallest absolute Gasteiger partial charge is 0.377 e. The number of likely N-dealkylation sites (tertiary alicyclic amines) is 1. The zero-order valence-corrected chi connectivity index (χ0v) is 21.4. The highest BCUT2D eigenvalue weighted by Gasteiger charge is 2.34. The maximum Gasteiger partial charge on any atom is 0.417 e. The van der Waals surface area contributed by atoms with Crippen LogP contribution in [0.3, 0.4) is 0 Å². The largest absolute Gasteiger partial charge is 0.417 e. The highest BCUT2D eigenvalue weighted by molar-refractivity contribution is 7.59. The second-order valence-corrected chi connectivity index (χ2v) is 9.42. The van der Waals surface area contributed by atoms with Crippen LogP contribution in [0.15, 0.2) is 36.9 Å². The van der Waals surface area contributed by atoms with Crippen LogP contribution < -0.4 is 10.6 Å². The number of carbonyl (C=O) groups excluding carboxylic acids is 1. The van der Waals surface area contributed by atoms with Gasteiger partial charge in [-0.05, 0) is 31.2 Å². The Morgan fingerprint density at radius 3 is 2.66 bits per heavy atom. The van der Waals surface area contributed by atoms with Gasteiger partial charge in [-0.3, -0.25) is 14.7 Å². The van der Waals surface area contributed by atoms with Gasteiger partial charge in [0.25, 0.3) is 0 Å². The Morgan fingerprint density at radius 1 is 1.16 bits per heavy atom. The minimum Gasteiger partial charge on any atom is -0.377 e. The first kappa shape index (κ1) is 28.0. The Morgan fingerprint density at radius 2 is 1.97 bits per heavy atom. The van der Waals surface area contributed by atoms with Crippen LogP contribution in [0, 0.1) is 5.92 Å². The van der Waals surface area contributed by atoms with Crippen molar-refractivity contribution >= 4 is 36.3 Å². The van der Waals surface area contributed by atoms with E-state index in [0.717, 1.165) is 17.6 Å². The van der Waals surface area contributed by atoms with Gasteiger partial charge in [0, 0.05) is 37.9 Å². The van der Waals surface area contributed by atoms with Gasteiger partial charge in [-0.1, -0.05) is 0 Å². The van der Waals surface area contributed by atoms with E-state index in [-0.39, 0.29) is 39.1 Å². The van der Waals surface area contributed by atoms with E-state index in [9.17, 15) is 22.4 Å². The normalized spacial score (nSPS) is 22.8. The molecular formula is C24H29F4N7O2S. The summed E-state index contributed by atoms with van der Waals surface area (Å²) in [5.41, 5.74) is 5.51. The molecule has 0 saturated carbocycles. The SMILES string of the molecule is NC(=O)CN1CC[C@@H](Cn2ccc3c(N4CCOC[C@@H]4c4ccc(C(F)(F)F)cn4)ncnc32)[C@H](F)C1.S. The van der Waals surface area contributed by atoms with Gasteiger partial charge in [-0.15, -0.1) is 0 Å². The first-order chi connectivity index (χ1) is 17.7. The molecule has 0 aliphatic carbocycles. The number of amides is 1. The molecule has 2 saturated heterocycles. The van der Waals surface area contributed by atoms with Gasteiger partial charge < -0.3 is 19.9 Å². The Bertz CT molecular complexity index is 1260. The van der Waals surface area contributed by atoms with Crippen molar-refractivity contribution in [1.29, 1.82) is 0 Å². The van der Waals surface area contributed by atoms with Gasteiger partial charge >= 0.3 is 6.18 Å². The molecule has 1 amide bonds. The number of aromatic nitrogens is 4. The van der Waals surface area contributed by atoms with Crippen molar-refractivity contribution in [3.8, 4) is 0 Å². The third-order valence-corrected chi connectivity index (χ3v) is 6.96. The van der Waals surface area contributed by atoms with Crippen LogP contribution in [0.1, 0.15) is 23.7 Å². The number of morpholine rings is 1. The lowest BCUT2D eigenvalue weighted by Gasteiger charge is -2.36. The van der Waals surface area contributed by atoms with E-state index in [0.29, 0.717) is 49.8 Å². The van der Waals surface area contributed by atoms with E-state index >= 15 is 0 Å². The monoisotopic (exact) mass is 555 g/mol. The lowest BCUT2D eigenvalue weighted by atomic mass is 9.94. The lowest BCUT2D eigenvalue weighted by molar-refractivity contribution is -0.137. The first-order valence-corrected chi connectivity index (χ1v) is 12.0. The number of hydrogen-bond acceptors (Lipinski definition) is 7. The first-order valence-electron chi connectivity index (χ1n) is 12.0. The second kappa shape index (κ2) is 11.4. The number of anilines is 1. The van der Waals surface area contributed by atoms with Crippen molar-refractivity contribution in [1.82, 2.24) is 24.4 Å². The van der Waals surface area contributed by atoms with Gasteiger partial charge in [-0.2, -0.15) is 26.7 Å². The zero-order valence-electron chi connectivity index (χ0n) is 20.4. The number of fused-ring (bicyclic) bond motifs is 1. The predicted octanol–water partition coefficient (Wildman–Crippen LogP) is 2.68. The van der Waals surface area contributed by atoms with Crippen molar-refractivity contribution < 1.29 is 27.1 Å². The molecule has 2 aliphatic heterocycles. The number of carbonyl (C=O) groups is 1. The van der Waals surface area contributed by atoms with Crippen LogP contribution >= 0.6 is 13.5 Å². The molecule has 0 aromatic carbocycles. The molecule has 38 heavy (non-hydrogen) atoms. The van der Waals surface area contributed by atoms with Gasteiger partial charge in [0.2, 0.25) is 5.91 Å². The number of halogens is 4. The third kappa shape index (κ3) is 5.86. The predicted molar refractivity (Wildman–Crippen MR) is 137 cm³/mol. The van der Waals surface area contributed by atoms with Gasteiger partial charge in [0.15, 0.2) is 0 Å². The molecule has 5 heterocycles. The van der Waals surface area contributed by atoms with E-state index < -0.39 is 29.9 Å². The Hall–Kier alpha value is -2.97. The minimum absolute atomic E-state index is 0. The quantitative estimate of drug-likeness (QED) is 0.467. The number of hydrogen-bond donors (Lipinski definition) is 1. The van der Waals surface area contributed by atoms with Gasteiger partial charge in [-0.25, -0.2) is 14.4 Å². The average molecular weight is 556 g/mol. The maximum absolute atomic E-state index is 14.9. The molecule has 5 rings (SSSR count). The topological polar surface area (TPSA) is 102 Å². The van der Waals surface area contributed by atoms with Crippen LogP contribution in [-0.4, -0.2) is 75.9 Å². The van der Waals surface area contributed by atoms with Crippen molar-refractivity contribution in [3.63, 3.8) is 0 Å². The number of nitrogens with two attached hydrogens (primary N) is 1. The molecular weight excluding hydrogens is 526 g/mol. The van der Waals surface area contributed by atoms with E-state index in [1.807, 2.05) is 21.7 Å². The fourth-order valence-electron chi connectivity index (χ4n) is 5.08. The summed E-state index contributed by atoms with van der Waals surface area (Å²) < 4.78 is 61.4. The molecule has 2 fully saturated rings. The second-order valence-electron chi connectivity index (χ2n) is 9.42. The van der Waals surface area contributed by atoms with Crippen molar-refractivity contribution in [2.75, 3.05) is 44.3 Å². The fraction of sp³-hybridized carbons (Fsp3) is 0.500. The average Bonchev–Trinajstić information content (AvgIpc) is 3.28. The Balaban J connectivity index is 0.00000336. The third-order valence-electron chi connectivity index (χ3n) is 6.96. The van der Waals surface area contributed by atoms with E-state index in [4.69, 9.17) is 10.5 Å². The summed E-state index contributed by atoms with van der Waals surface area (Å²) in [6.45, 7) is 2.35. The maximum atomic E-state index is 14.9. The highest BCUT2D eigenvalue weighted by atomic mass is 32.1. The number of piperidine rings is 1. The van der Waals surface area contributed by atoms with Crippen molar-refractivity contribution in [2.45, 2.75) is 31.4 Å². The highest BCUT2D eigenvalue weighted by Crippen LogP contribution is 2.34. The van der Waals surface area contributed by atoms with Crippen LogP contribution in [0.25, 0.3) is 11.0 Å². The summed E-state index contributed by atoms with van der Waals surface area (Å²) in [6.07, 6.45) is -0.887. The Labute approximate surface area is 223 Å². The molecule has 0 bridgehead atoms. The number of pyridine rings is 1. The number of nitrogens with zero attached hydrogens (tertiary/aromatic N) is 6. The van der Waals surface area contributed by atoms with Crippen LogP contribution in [0.2, 0.25) is 0 Å². The summed E-state index contributed by atoms with van der Waals surface area (Å²) in [4.78, 5) is 27.9. The number of ether oxygens (including phenoxy) is 1. The van der Waals surface area contributed by atoms with Crippen LogP contribution in [0.5, 0.6) is 0 Å². The van der Waals surface area contributed by atoms with Crippen LogP contribution in [0.4, 0.5) is 23.4 Å². The minimum atomic E-state index is -4.47. The molecule has 14 heteroatoms. The Kier molecular flexibility index (Phi) is 8.43. The standard InChI is InChI=1S/C24H27F4N7O2.H2S/c25-18-11-33(12-21(29)36)5-3-15(18)10-34-6-4-17-22(34)31-14-32-23(17)35-7-8-37-13-20(35)19-2-1-16(9-30-19)24(26,27)28;/h1-2,4,6,9,14-15,18,20H,3,5,7-8,10-13H2,(H2,29,36);1H2/t15-,18+,20+;/m0./s1. The molecule has 9 nitrogen and oxygen atoms in total. The number of alkyl halides is 4. The molecule has 3 aromatic heterocycles. The number of rotatable bonds is 6. The van der Waals surface area contributed by atoms with E-state index in [2.05, 4.69) is 15.0 Å². The van der Waals surface area contributed by atoms with Crippen molar-refractivity contribution in [3.05, 3.63) is 48.2 Å². The molecule has 2 N–H and O–H groups in total. The summed E-state index contributed by atoms with van der Waals surface area (Å²) >= 11 is 0. The molecule has 3 atom stereocenters. The van der Waals surface area contributed by atoms with E-state index in [1.165, 1.54) is 12.4 Å². The molecule has 0 spiro atoms. The summed E-state index contributed by atoms with van der Waals surface area (Å²) in [6, 6.07) is 3.82. The van der Waals surface area contributed by atoms with E-state index in [1.54, 1.807) is 4.90 Å². The molecule has 206 valence electrons. The summed E-state index contributed by atoms with van der Waals surface area (Å²) in [5, 5.41) is 0.753. The molecule has 3 aromatic rings. The molecule has 0 radical (unpaired) electrons.